The van der Waals surface area contributed by atoms with Crippen molar-refractivity contribution in [3.05, 3.63) is 94.1 Å². The molecule has 7 heteroatoms. The Balaban J connectivity index is 1.91. The topological polar surface area (TPSA) is 71.4 Å². The maximum Gasteiger partial charge on any atom is 0.203 e. The molecule has 0 saturated carbocycles. The molecule has 0 aliphatic carbocycles. The number of sulfone groups is 1. The summed E-state index contributed by atoms with van der Waals surface area (Å²) in [5.41, 5.74) is 3.35. The van der Waals surface area contributed by atoms with Crippen LogP contribution in [0.3, 0.4) is 0 Å². The summed E-state index contributed by atoms with van der Waals surface area (Å²) >= 11 is 1.30. The van der Waals surface area contributed by atoms with Crippen LogP contribution in [-0.2, 0) is 20.7 Å². The van der Waals surface area contributed by atoms with E-state index in [-0.39, 0.29) is 33.1 Å². The van der Waals surface area contributed by atoms with Crippen molar-refractivity contribution in [1.29, 1.82) is 0 Å². The first kappa shape index (κ1) is 28.7. The zero-order valence-electron chi connectivity index (χ0n) is 23.2. The van der Waals surface area contributed by atoms with E-state index < -0.39 is 9.84 Å². The van der Waals surface area contributed by atoms with Gasteiger partial charge in [0, 0.05) is 33.4 Å². The number of halogens is 1. The van der Waals surface area contributed by atoms with Crippen molar-refractivity contribution in [3.8, 4) is 27.3 Å². The molecule has 1 N–H and O–H groups in total. The van der Waals surface area contributed by atoms with Crippen molar-refractivity contribution in [2.45, 2.75) is 57.3 Å². The van der Waals surface area contributed by atoms with Gasteiger partial charge in [0.2, 0.25) is 5.78 Å². The average Bonchev–Trinajstić information content (AvgIpc) is 3.28. The number of ketones is 1. The summed E-state index contributed by atoms with van der Waals surface area (Å²) in [6.45, 7) is 12.0. The van der Waals surface area contributed by atoms with Gasteiger partial charge in [-0.25, -0.2) is 12.8 Å². The van der Waals surface area contributed by atoms with Crippen LogP contribution in [0.15, 0.2) is 71.6 Å². The summed E-state index contributed by atoms with van der Waals surface area (Å²) in [7, 11) is -3.36. The van der Waals surface area contributed by atoms with Gasteiger partial charge >= 0.3 is 0 Å². The number of hydrogen-bond acceptors (Lipinski definition) is 5. The predicted molar refractivity (Wildman–Crippen MR) is 157 cm³/mol. The highest BCUT2D eigenvalue weighted by Crippen LogP contribution is 2.43. The number of benzene rings is 3. The fourth-order valence-electron chi connectivity index (χ4n) is 4.47. The number of rotatable bonds is 5. The van der Waals surface area contributed by atoms with Crippen molar-refractivity contribution < 1.29 is 22.7 Å². The fourth-order valence-corrected chi connectivity index (χ4v) is 6.24. The second-order valence-electron chi connectivity index (χ2n) is 11.9. The number of aromatic hydroxyl groups is 1. The number of thiophene rings is 1. The third kappa shape index (κ3) is 5.99. The molecular formula is C32H33FO4S2. The van der Waals surface area contributed by atoms with E-state index in [9.17, 15) is 22.7 Å². The van der Waals surface area contributed by atoms with Crippen LogP contribution in [-0.4, -0.2) is 25.6 Å². The van der Waals surface area contributed by atoms with Gasteiger partial charge in [0.25, 0.3) is 0 Å². The highest BCUT2D eigenvalue weighted by Gasteiger charge is 2.29. The molecule has 0 bridgehead atoms. The van der Waals surface area contributed by atoms with Gasteiger partial charge < -0.3 is 5.11 Å². The minimum absolute atomic E-state index is 0.182. The normalized spacial score (nSPS) is 12.5. The summed E-state index contributed by atoms with van der Waals surface area (Å²) in [6, 6.07) is 17.9. The van der Waals surface area contributed by atoms with Gasteiger partial charge in [-0.15, -0.1) is 11.3 Å². The van der Waals surface area contributed by atoms with Gasteiger partial charge in [0.05, 0.1) is 9.77 Å². The zero-order valence-corrected chi connectivity index (χ0v) is 24.9. The molecule has 0 saturated heterocycles. The molecule has 0 unspecified atom stereocenters. The Morgan fingerprint density at radius 2 is 1.28 bits per heavy atom. The molecule has 0 radical (unpaired) electrons. The lowest BCUT2D eigenvalue weighted by molar-refractivity contribution is 0.104. The van der Waals surface area contributed by atoms with E-state index >= 15 is 0 Å². The standard InChI is InChI=1S/C32H33FO4S2/c1-31(2,3)25-16-21(17-26(29(25)35)32(4,5)6)28(34)27-18-24(19-10-14-23(15-11-19)39(7,36)37)30(38-27)20-8-12-22(33)13-9-20/h8-18,35H,1-7H3. The molecule has 3 aromatic carbocycles. The molecule has 204 valence electrons. The molecule has 0 atom stereocenters. The maximum absolute atomic E-state index is 14.0. The minimum atomic E-state index is -3.36. The lowest BCUT2D eigenvalue weighted by atomic mass is 9.78. The fraction of sp³-hybridized carbons (Fsp3) is 0.281. The molecule has 4 nitrogen and oxygen atoms in total. The Hall–Kier alpha value is -3.29. The van der Waals surface area contributed by atoms with Gasteiger partial charge in [0.1, 0.15) is 11.6 Å². The maximum atomic E-state index is 14.0. The van der Waals surface area contributed by atoms with Crippen LogP contribution < -0.4 is 0 Å². The van der Waals surface area contributed by atoms with E-state index in [0.29, 0.717) is 21.6 Å². The van der Waals surface area contributed by atoms with Crippen molar-refractivity contribution in [3.63, 3.8) is 0 Å². The Morgan fingerprint density at radius 3 is 1.74 bits per heavy atom. The highest BCUT2D eigenvalue weighted by atomic mass is 32.2. The molecule has 1 aromatic heterocycles. The molecule has 4 aromatic rings. The van der Waals surface area contributed by atoms with E-state index in [1.807, 2.05) is 47.6 Å². The number of hydrogen-bond donors (Lipinski definition) is 1. The summed E-state index contributed by atoms with van der Waals surface area (Å²) in [4.78, 5) is 15.4. The first-order chi connectivity index (χ1) is 18.0. The molecule has 0 fully saturated rings. The summed E-state index contributed by atoms with van der Waals surface area (Å²) < 4.78 is 37.7. The van der Waals surface area contributed by atoms with Gasteiger partial charge in [-0.3, -0.25) is 4.79 Å². The van der Waals surface area contributed by atoms with Crippen LogP contribution in [0, 0.1) is 5.82 Å². The SMILES string of the molecule is CC(C)(C)c1cc(C(=O)c2cc(-c3ccc(S(C)(=O)=O)cc3)c(-c3ccc(F)cc3)s2)cc(C(C)(C)C)c1O. The Labute approximate surface area is 234 Å². The smallest absolute Gasteiger partial charge is 0.203 e. The van der Waals surface area contributed by atoms with Crippen LogP contribution in [0.2, 0.25) is 0 Å². The molecule has 0 aliphatic heterocycles. The average molecular weight is 565 g/mol. The van der Waals surface area contributed by atoms with Crippen molar-refractivity contribution in [2.24, 2.45) is 0 Å². The number of phenols is 1. The van der Waals surface area contributed by atoms with E-state index in [4.69, 9.17) is 0 Å². The van der Waals surface area contributed by atoms with Gasteiger partial charge in [0.15, 0.2) is 9.84 Å². The van der Waals surface area contributed by atoms with E-state index in [1.54, 1.807) is 48.5 Å². The minimum Gasteiger partial charge on any atom is -0.507 e. The van der Waals surface area contributed by atoms with E-state index in [1.165, 1.54) is 23.5 Å². The Morgan fingerprint density at radius 1 is 0.795 bits per heavy atom. The monoisotopic (exact) mass is 564 g/mol. The number of carbonyl (C=O) groups excluding carboxylic acids is 1. The second-order valence-corrected chi connectivity index (χ2v) is 15.0. The quantitative estimate of drug-likeness (QED) is 0.248. The first-order valence-electron chi connectivity index (χ1n) is 12.6. The van der Waals surface area contributed by atoms with Crippen molar-refractivity contribution in [2.75, 3.05) is 6.26 Å². The largest absolute Gasteiger partial charge is 0.507 e. The highest BCUT2D eigenvalue weighted by molar-refractivity contribution is 7.90. The lowest BCUT2D eigenvalue weighted by Crippen LogP contribution is -2.19. The Bertz CT molecular complexity index is 1610. The van der Waals surface area contributed by atoms with Crippen LogP contribution >= 0.6 is 11.3 Å². The number of phenolic OH excluding ortho intramolecular Hbond substituents is 1. The Kier molecular flexibility index (Phi) is 7.38. The lowest BCUT2D eigenvalue weighted by Gasteiger charge is -2.28. The van der Waals surface area contributed by atoms with Crippen LogP contribution in [0.25, 0.3) is 21.6 Å². The molecular weight excluding hydrogens is 531 g/mol. The molecule has 0 aliphatic rings. The molecule has 39 heavy (non-hydrogen) atoms. The molecule has 0 amide bonds. The van der Waals surface area contributed by atoms with Crippen molar-refractivity contribution in [1.82, 2.24) is 0 Å². The summed E-state index contributed by atoms with van der Waals surface area (Å²) in [5.74, 6) is -0.339. The van der Waals surface area contributed by atoms with E-state index in [0.717, 1.165) is 27.8 Å². The van der Waals surface area contributed by atoms with Gasteiger partial charge in [-0.1, -0.05) is 65.8 Å². The molecule has 0 spiro atoms. The van der Waals surface area contributed by atoms with E-state index in [2.05, 4.69) is 0 Å². The van der Waals surface area contributed by atoms with Crippen LogP contribution in [0.5, 0.6) is 5.75 Å². The zero-order chi connectivity index (χ0) is 28.9. The number of carbonyl (C=O) groups is 1. The second kappa shape index (κ2) is 10.0. The van der Waals surface area contributed by atoms with Crippen molar-refractivity contribution >= 4 is 27.0 Å². The third-order valence-electron chi connectivity index (χ3n) is 6.64. The van der Waals surface area contributed by atoms with Gasteiger partial charge in [-0.05, 0) is 64.4 Å². The molecule has 1 heterocycles. The van der Waals surface area contributed by atoms with Crippen LogP contribution in [0.4, 0.5) is 4.39 Å². The van der Waals surface area contributed by atoms with Gasteiger partial charge in [-0.2, -0.15) is 0 Å². The predicted octanol–water partition coefficient (Wildman–Crippen LogP) is 8.16. The van der Waals surface area contributed by atoms with Crippen LogP contribution in [0.1, 0.15) is 67.9 Å². The summed E-state index contributed by atoms with van der Waals surface area (Å²) in [5, 5.41) is 11.1. The molecule has 4 rings (SSSR count). The third-order valence-corrected chi connectivity index (χ3v) is 8.96. The summed E-state index contributed by atoms with van der Waals surface area (Å²) in [6.07, 6.45) is 1.16. The first-order valence-corrected chi connectivity index (χ1v) is 15.3.